The molecule has 0 unspecified atom stereocenters. The summed E-state index contributed by atoms with van der Waals surface area (Å²) >= 11 is 8.39. The molecule has 0 fully saturated rings. The fourth-order valence-corrected chi connectivity index (χ4v) is 3.12. The van der Waals surface area contributed by atoms with Crippen molar-refractivity contribution >= 4 is 51.0 Å². The highest BCUT2D eigenvalue weighted by molar-refractivity contribution is 9.10. The average Bonchev–Trinajstić information content (AvgIpc) is 2.79. The summed E-state index contributed by atoms with van der Waals surface area (Å²) in [6, 6.07) is 14.4. The van der Waals surface area contributed by atoms with Gasteiger partial charge in [0.1, 0.15) is 5.75 Å². The first-order chi connectivity index (χ1) is 15.4. The van der Waals surface area contributed by atoms with E-state index in [9.17, 15) is 14.4 Å². The molecule has 2 aromatic carbocycles. The quantitative estimate of drug-likeness (QED) is 0.299. The monoisotopic (exact) mass is 520 g/mol. The van der Waals surface area contributed by atoms with Crippen LogP contribution in [0.5, 0.6) is 5.75 Å². The van der Waals surface area contributed by atoms with Crippen molar-refractivity contribution in [1.82, 2.24) is 21.5 Å². The number of halogens is 1. The van der Waals surface area contributed by atoms with Gasteiger partial charge in [-0.15, -0.1) is 0 Å². The normalized spacial score (nSPS) is 10.1. The van der Waals surface area contributed by atoms with E-state index in [1.807, 2.05) is 37.3 Å². The van der Waals surface area contributed by atoms with Crippen LogP contribution in [0.1, 0.15) is 42.1 Å². The summed E-state index contributed by atoms with van der Waals surface area (Å²) < 4.78 is 6.20. The molecule has 0 saturated carbocycles. The molecule has 0 bridgehead atoms. The lowest BCUT2D eigenvalue weighted by Crippen LogP contribution is -2.48. The number of carbonyl (C=O) groups excluding carboxylic acids is 3. The van der Waals surface area contributed by atoms with Gasteiger partial charge in [-0.1, -0.05) is 37.3 Å². The van der Waals surface area contributed by atoms with Gasteiger partial charge in [-0.3, -0.25) is 30.6 Å². The second-order valence-corrected chi connectivity index (χ2v) is 7.98. The Hall–Kier alpha value is -2.98. The summed E-state index contributed by atoms with van der Waals surface area (Å²) in [5.74, 6) is -0.475. The number of hydrogen-bond donors (Lipinski definition) is 4. The number of rotatable bonds is 9. The molecule has 0 atom stereocenters. The second kappa shape index (κ2) is 13.4. The maximum atomic E-state index is 12.3. The van der Waals surface area contributed by atoms with Crippen LogP contribution in [0.15, 0.2) is 53.0 Å². The van der Waals surface area contributed by atoms with Gasteiger partial charge in [0.2, 0.25) is 11.8 Å². The number of hydrogen-bond acceptors (Lipinski definition) is 5. The molecule has 2 rings (SSSR count). The van der Waals surface area contributed by atoms with E-state index in [1.165, 1.54) is 0 Å². The average molecular weight is 521 g/mol. The Morgan fingerprint density at radius 2 is 1.72 bits per heavy atom. The lowest BCUT2D eigenvalue weighted by molar-refractivity contribution is -0.126. The van der Waals surface area contributed by atoms with E-state index in [4.69, 9.17) is 17.0 Å². The van der Waals surface area contributed by atoms with E-state index in [-0.39, 0.29) is 23.9 Å². The van der Waals surface area contributed by atoms with Crippen LogP contribution < -0.4 is 26.2 Å². The van der Waals surface area contributed by atoms with Crippen LogP contribution in [-0.2, 0) is 16.1 Å². The Bertz CT molecular complexity index is 956. The highest BCUT2D eigenvalue weighted by Crippen LogP contribution is 2.26. The first-order valence-electron chi connectivity index (χ1n) is 10.0. The molecule has 0 aromatic heterocycles. The van der Waals surface area contributed by atoms with E-state index in [0.29, 0.717) is 28.9 Å². The fourth-order valence-electron chi connectivity index (χ4n) is 2.48. The van der Waals surface area contributed by atoms with Crippen molar-refractivity contribution < 1.29 is 19.1 Å². The van der Waals surface area contributed by atoms with Gasteiger partial charge in [0, 0.05) is 24.9 Å². The molecule has 0 saturated heterocycles. The standard InChI is InChI=1S/C22H25BrN4O4S/c1-2-12-31-18-9-8-16(13-17(18)23)21(30)25-22(32)27-26-20(29)11-10-19(28)24-14-15-6-4-3-5-7-15/h3-9,13H,2,10-12,14H2,1H3,(H,24,28)(H,26,29)(H2,25,27,30,32). The topological polar surface area (TPSA) is 109 Å². The molecule has 2 aromatic rings. The first kappa shape index (κ1) is 25.3. The van der Waals surface area contributed by atoms with Gasteiger partial charge in [-0.2, -0.15) is 0 Å². The second-order valence-electron chi connectivity index (χ2n) is 6.71. The smallest absolute Gasteiger partial charge is 0.257 e. The molecule has 4 N–H and O–H groups in total. The maximum Gasteiger partial charge on any atom is 0.257 e. The summed E-state index contributed by atoms with van der Waals surface area (Å²) in [4.78, 5) is 36.1. The van der Waals surface area contributed by atoms with Crippen molar-refractivity contribution in [3.63, 3.8) is 0 Å². The van der Waals surface area contributed by atoms with Crippen molar-refractivity contribution in [2.24, 2.45) is 0 Å². The molecule has 0 aliphatic rings. The summed E-state index contributed by atoms with van der Waals surface area (Å²) in [7, 11) is 0. The number of amides is 3. The minimum atomic E-state index is -0.445. The highest BCUT2D eigenvalue weighted by atomic mass is 79.9. The molecule has 32 heavy (non-hydrogen) atoms. The van der Waals surface area contributed by atoms with Crippen molar-refractivity contribution in [3.05, 3.63) is 64.1 Å². The third kappa shape index (κ3) is 9.03. The Morgan fingerprint density at radius 1 is 1.00 bits per heavy atom. The Kier molecular flexibility index (Phi) is 10.6. The Balaban J connectivity index is 1.68. The SMILES string of the molecule is CCCOc1ccc(C(=O)NC(=S)NNC(=O)CCC(=O)NCc2ccccc2)cc1Br. The number of thiocarbonyl (C=S) groups is 1. The molecule has 0 aliphatic heterocycles. The minimum absolute atomic E-state index is 0.0277. The summed E-state index contributed by atoms with van der Waals surface area (Å²) in [6.45, 7) is 2.98. The van der Waals surface area contributed by atoms with Crippen molar-refractivity contribution in [3.8, 4) is 5.75 Å². The first-order valence-corrected chi connectivity index (χ1v) is 11.2. The van der Waals surface area contributed by atoms with Gasteiger partial charge in [0.25, 0.3) is 5.91 Å². The molecule has 0 radical (unpaired) electrons. The summed E-state index contributed by atoms with van der Waals surface area (Å²) in [5, 5.41) is 5.15. The zero-order chi connectivity index (χ0) is 23.3. The summed E-state index contributed by atoms with van der Waals surface area (Å²) in [6.07, 6.45) is 0.870. The van der Waals surface area contributed by atoms with E-state index < -0.39 is 11.8 Å². The zero-order valence-electron chi connectivity index (χ0n) is 17.6. The van der Waals surface area contributed by atoms with Gasteiger partial charge in [0.15, 0.2) is 5.11 Å². The molecule has 3 amide bonds. The van der Waals surface area contributed by atoms with Crippen LogP contribution in [0.25, 0.3) is 0 Å². The van der Waals surface area contributed by atoms with Crippen LogP contribution in [0, 0.1) is 0 Å². The van der Waals surface area contributed by atoms with Crippen LogP contribution in [-0.4, -0.2) is 29.4 Å². The van der Waals surface area contributed by atoms with E-state index >= 15 is 0 Å². The number of ether oxygens (including phenoxy) is 1. The predicted molar refractivity (Wildman–Crippen MR) is 129 cm³/mol. The maximum absolute atomic E-state index is 12.3. The fraction of sp³-hybridized carbons (Fsp3) is 0.273. The predicted octanol–water partition coefficient (Wildman–Crippen LogP) is 2.97. The molecule has 10 heteroatoms. The minimum Gasteiger partial charge on any atom is -0.492 e. The van der Waals surface area contributed by atoms with E-state index in [0.717, 1.165) is 12.0 Å². The Labute approximate surface area is 200 Å². The van der Waals surface area contributed by atoms with Gasteiger partial charge < -0.3 is 10.1 Å². The molecule has 0 spiro atoms. The highest BCUT2D eigenvalue weighted by Gasteiger charge is 2.12. The van der Waals surface area contributed by atoms with Crippen molar-refractivity contribution in [1.29, 1.82) is 0 Å². The zero-order valence-corrected chi connectivity index (χ0v) is 20.0. The molecule has 170 valence electrons. The molecular formula is C22H25BrN4O4S. The third-order valence-electron chi connectivity index (χ3n) is 4.11. The molecule has 0 heterocycles. The number of nitrogens with one attached hydrogen (secondary N) is 4. The van der Waals surface area contributed by atoms with Gasteiger partial charge in [-0.25, -0.2) is 0 Å². The van der Waals surface area contributed by atoms with Gasteiger partial charge in [0.05, 0.1) is 11.1 Å². The van der Waals surface area contributed by atoms with E-state index in [1.54, 1.807) is 18.2 Å². The lowest BCUT2D eigenvalue weighted by atomic mass is 10.2. The summed E-state index contributed by atoms with van der Waals surface area (Å²) in [5.41, 5.74) is 6.15. The molecule has 8 nitrogen and oxygen atoms in total. The van der Waals surface area contributed by atoms with E-state index in [2.05, 4.69) is 37.4 Å². The van der Waals surface area contributed by atoms with Gasteiger partial charge in [-0.05, 0) is 58.3 Å². The number of hydrazine groups is 1. The van der Waals surface area contributed by atoms with Gasteiger partial charge >= 0.3 is 0 Å². The third-order valence-corrected chi connectivity index (χ3v) is 4.93. The Morgan fingerprint density at radius 3 is 2.41 bits per heavy atom. The number of benzene rings is 2. The molecular weight excluding hydrogens is 496 g/mol. The van der Waals surface area contributed by atoms with Crippen LogP contribution in [0.4, 0.5) is 0 Å². The van der Waals surface area contributed by atoms with Crippen LogP contribution >= 0.6 is 28.1 Å². The van der Waals surface area contributed by atoms with Crippen LogP contribution in [0.3, 0.4) is 0 Å². The largest absolute Gasteiger partial charge is 0.492 e. The van der Waals surface area contributed by atoms with Crippen LogP contribution in [0.2, 0.25) is 0 Å². The lowest BCUT2D eigenvalue weighted by Gasteiger charge is -2.12. The van der Waals surface area contributed by atoms with Crippen molar-refractivity contribution in [2.75, 3.05) is 6.61 Å². The van der Waals surface area contributed by atoms with Crippen molar-refractivity contribution in [2.45, 2.75) is 32.7 Å². The molecule has 0 aliphatic carbocycles. The number of carbonyl (C=O) groups is 3.